The molecule has 0 aromatic carbocycles. The van der Waals surface area contributed by atoms with Crippen LogP contribution in [0.25, 0.3) is 0 Å². The second kappa shape index (κ2) is 6.12. The van der Waals surface area contributed by atoms with Gasteiger partial charge in [0.05, 0.1) is 17.9 Å². The summed E-state index contributed by atoms with van der Waals surface area (Å²) in [5, 5.41) is 4.51. The molecular formula is C16H22N4S. The quantitative estimate of drug-likeness (QED) is 0.942. The Bertz CT molecular complexity index is 622. The summed E-state index contributed by atoms with van der Waals surface area (Å²) in [5.74, 6) is 0. The van der Waals surface area contributed by atoms with Crippen molar-refractivity contribution in [1.82, 2.24) is 15.3 Å². The number of aryl methyl sites for hydroxylation is 2. The first-order valence-corrected chi connectivity index (χ1v) is 8.29. The number of hydrogen-bond donors (Lipinski definition) is 1. The summed E-state index contributed by atoms with van der Waals surface area (Å²) in [6.45, 7) is 2.83. The number of fused-ring (bicyclic) bond motifs is 1. The van der Waals surface area contributed by atoms with Crippen LogP contribution in [-0.2, 0) is 13.0 Å². The van der Waals surface area contributed by atoms with E-state index in [0.29, 0.717) is 6.04 Å². The van der Waals surface area contributed by atoms with E-state index < -0.39 is 0 Å². The highest BCUT2D eigenvalue weighted by Gasteiger charge is 2.24. The van der Waals surface area contributed by atoms with E-state index in [0.717, 1.165) is 29.5 Å². The van der Waals surface area contributed by atoms with Crippen molar-refractivity contribution in [1.29, 1.82) is 0 Å². The molecule has 1 aliphatic rings. The summed E-state index contributed by atoms with van der Waals surface area (Å²) >= 11 is 1.82. The minimum atomic E-state index is 0.477. The molecule has 0 saturated carbocycles. The Morgan fingerprint density at radius 3 is 3.00 bits per heavy atom. The molecule has 0 spiro atoms. The molecular weight excluding hydrogens is 280 g/mol. The maximum absolute atomic E-state index is 4.84. The molecule has 1 atom stereocenters. The van der Waals surface area contributed by atoms with Gasteiger partial charge in [0, 0.05) is 23.7 Å². The molecule has 2 aromatic heterocycles. The molecule has 21 heavy (non-hydrogen) atoms. The molecule has 0 fully saturated rings. The number of rotatable bonds is 4. The van der Waals surface area contributed by atoms with Gasteiger partial charge >= 0.3 is 0 Å². The maximum Gasteiger partial charge on any atom is 0.185 e. The van der Waals surface area contributed by atoms with Crippen molar-refractivity contribution in [3.8, 4) is 0 Å². The van der Waals surface area contributed by atoms with Crippen LogP contribution in [0, 0.1) is 6.92 Å². The van der Waals surface area contributed by atoms with E-state index >= 15 is 0 Å². The Morgan fingerprint density at radius 2 is 2.24 bits per heavy atom. The lowest BCUT2D eigenvalue weighted by Gasteiger charge is -2.19. The zero-order valence-electron chi connectivity index (χ0n) is 12.9. The van der Waals surface area contributed by atoms with Crippen molar-refractivity contribution < 1.29 is 0 Å². The minimum absolute atomic E-state index is 0.477. The van der Waals surface area contributed by atoms with Gasteiger partial charge in [-0.05, 0) is 45.4 Å². The molecule has 3 rings (SSSR count). The molecule has 0 aliphatic heterocycles. The Hall–Kier alpha value is -1.46. The summed E-state index contributed by atoms with van der Waals surface area (Å²) in [5.41, 5.74) is 3.44. The van der Waals surface area contributed by atoms with Crippen molar-refractivity contribution in [3.63, 3.8) is 0 Å². The average molecular weight is 302 g/mol. The van der Waals surface area contributed by atoms with Crippen LogP contribution in [0.1, 0.15) is 40.8 Å². The van der Waals surface area contributed by atoms with E-state index in [-0.39, 0.29) is 0 Å². The smallest absolute Gasteiger partial charge is 0.185 e. The highest BCUT2D eigenvalue weighted by molar-refractivity contribution is 7.15. The van der Waals surface area contributed by atoms with Gasteiger partial charge in [0.2, 0.25) is 0 Å². The lowest BCUT2D eigenvalue weighted by Crippen LogP contribution is -2.19. The van der Waals surface area contributed by atoms with Gasteiger partial charge in [0.1, 0.15) is 0 Å². The number of aromatic nitrogens is 2. The fourth-order valence-electron chi connectivity index (χ4n) is 2.84. The standard InChI is InChI=1S/C16H22N4S/c1-11-6-4-7-12(18-11)10-20(3)16-19-14-9-5-8-13(17-2)15(14)21-16/h4,6-7,13,17H,5,8-10H2,1-3H3. The van der Waals surface area contributed by atoms with Crippen LogP contribution in [0.2, 0.25) is 0 Å². The molecule has 2 aromatic rings. The number of anilines is 1. The van der Waals surface area contributed by atoms with Crippen LogP contribution in [0.5, 0.6) is 0 Å². The summed E-state index contributed by atoms with van der Waals surface area (Å²) < 4.78 is 0. The van der Waals surface area contributed by atoms with E-state index in [1.54, 1.807) is 0 Å². The number of nitrogens with zero attached hydrogens (tertiary/aromatic N) is 3. The molecule has 2 heterocycles. The zero-order chi connectivity index (χ0) is 14.8. The van der Waals surface area contributed by atoms with Gasteiger partial charge in [-0.25, -0.2) is 4.98 Å². The Morgan fingerprint density at radius 1 is 1.38 bits per heavy atom. The zero-order valence-corrected chi connectivity index (χ0v) is 13.7. The monoisotopic (exact) mass is 302 g/mol. The van der Waals surface area contributed by atoms with Crippen molar-refractivity contribution in [2.75, 3.05) is 19.0 Å². The molecule has 1 N–H and O–H groups in total. The van der Waals surface area contributed by atoms with Gasteiger partial charge in [0.25, 0.3) is 0 Å². The SMILES string of the molecule is CNC1CCCc2nc(N(C)Cc3cccc(C)n3)sc21. The number of hydrogen-bond acceptors (Lipinski definition) is 5. The first-order chi connectivity index (χ1) is 10.2. The van der Waals surface area contributed by atoms with E-state index in [1.807, 2.05) is 31.4 Å². The van der Waals surface area contributed by atoms with Crippen molar-refractivity contribution in [3.05, 3.63) is 40.2 Å². The molecule has 0 amide bonds. The third kappa shape index (κ3) is 3.09. The van der Waals surface area contributed by atoms with Crippen LogP contribution in [-0.4, -0.2) is 24.1 Å². The molecule has 112 valence electrons. The fraction of sp³-hybridized carbons (Fsp3) is 0.500. The topological polar surface area (TPSA) is 41.1 Å². The van der Waals surface area contributed by atoms with Crippen molar-refractivity contribution in [2.45, 2.75) is 38.8 Å². The summed E-state index contributed by atoms with van der Waals surface area (Å²) in [6, 6.07) is 6.65. The van der Waals surface area contributed by atoms with Gasteiger partial charge in [-0.3, -0.25) is 4.98 Å². The number of nitrogens with one attached hydrogen (secondary N) is 1. The van der Waals surface area contributed by atoms with Gasteiger partial charge in [-0.15, -0.1) is 0 Å². The van der Waals surface area contributed by atoms with Gasteiger partial charge < -0.3 is 10.2 Å². The van der Waals surface area contributed by atoms with Gasteiger partial charge in [0.15, 0.2) is 5.13 Å². The average Bonchev–Trinajstić information content (AvgIpc) is 2.91. The van der Waals surface area contributed by atoms with E-state index in [4.69, 9.17) is 4.98 Å². The Labute approximate surface area is 130 Å². The second-order valence-corrected chi connectivity index (χ2v) is 6.68. The second-order valence-electron chi connectivity index (χ2n) is 5.67. The van der Waals surface area contributed by atoms with E-state index in [2.05, 4.69) is 34.4 Å². The van der Waals surface area contributed by atoms with Gasteiger partial charge in [-0.1, -0.05) is 17.4 Å². The molecule has 0 saturated heterocycles. The lowest BCUT2D eigenvalue weighted by atomic mass is 9.98. The molecule has 1 aliphatic carbocycles. The summed E-state index contributed by atoms with van der Waals surface area (Å²) in [7, 11) is 4.14. The maximum atomic E-state index is 4.84. The van der Waals surface area contributed by atoms with Crippen molar-refractivity contribution in [2.24, 2.45) is 0 Å². The number of pyridine rings is 1. The highest BCUT2D eigenvalue weighted by atomic mass is 32.1. The molecule has 0 radical (unpaired) electrons. The molecule has 4 nitrogen and oxygen atoms in total. The predicted molar refractivity (Wildman–Crippen MR) is 87.9 cm³/mol. The first-order valence-electron chi connectivity index (χ1n) is 7.48. The third-order valence-corrected chi connectivity index (χ3v) is 5.28. The van der Waals surface area contributed by atoms with Crippen LogP contribution < -0.4 is 10.2 Å². The van der Waals surface area contributed by atoms with Crippen molar-refractivity contribution >= 4 is 16.5 Å². The van der Waals surface area contributed by atoms with E-state index in [9.17, 15) is 0 Å². The highest BCUT2D eigenvalue weighted by Crippen LogP contribution is 2.37. The van der Waals surface area contributed by atoms with Crippen LogP contribution in [0.3, 0.4) is 0 Å². The molecule has 0 bridgehead atoms. The normalized spacial score (nSPS) is 17.6. The lowest BCUT2D eigenvalue weighted by molar-refractivity contribution is 0.501. The summed E-state index contributed by atoms with van der Waals surface area (Å²) in [6.07, 6.45) is 3.56. The summed E-state index contributed by atoms with van der Waals surface area (Å²) in [4.78, 5) is 13.0. The van der Waals surface area contributed by atoms with Crippen LogP contribution in [0.4, 0.5) is 5.13 Å². The third-order valence-electron chi connectivity index (χ3n) is 3.96. The van der Waals surface area contributed by atoms with Crippen LogP contribution in [0.15, 0.2) is 18.2 Å². The van der Waals surface area contributed by atoms with Crippen LogP contribution >= 0.6 is 11.3 Å². The minimum Gasteiger partial charge on any atom is -0.345 e. The van der Waals surface area contributed by atoms with Gasteiger partial charge in [-0.2, -0.15) is 0 Å². The Kier molecular flexibility index (Phi) is 4.22. The fourth-order valence-corrected chi connectivity index (χ4v) is 4.06. The first kappa shape index (κ1) is 14.5. The molecule has 5 heteroatoms. The largest absolute Gasteiger partial charge is 0.345 e. The predicted octanol–water partition coefficient (Wildman–Crippen LogP) is 3.08. The van der Waals surface area contributed by atoms with E-state index in [1.165, 1.54) is 23.4 Å². The number of thiazole rings is 1. The molecule has 1 unspecified atom stereocenters. The Balaban J connectivity index is 1.79.